The van der Waals surface area contributed by atoms with Gasteiger partial charge in [-0.1, -0.05) is 6.42 Å². The Kier molecular flexibility index (Phi) is 3.52. The number of hydrogen-bond donors (Lipinski definition) is 1. The summed E-state index contributed by atoms with van der Waals surface area (Å²) in [6, 6.07) is 1.21. The quantitative estimate of drug-likeness (QED) is 0.807. The van der Waals surface area contributed by atoms with Gasteiger partial charge in [-0.25, -0.2) is 4.39 Å². The van der Waals surface area contributed by atoms with Gasteiger partial charge in [0.25, 0.3) is 0 Å². The zero-order chi connectivity index (χ0) is 12.4. The van der Waals surface area contributed by atoms with Crippen molar-refractivity contribution in [1.29, 1.82) is 0 Å². The van der Waals surface area contributed by atoms with Gasteiger partial charge >= 0.3 is 0 Å². The van der Waals surface area contributed by atoms with Crippen molar-refractivity contribution < 1.29 is 13.9 Å². The molecule has 94 valence electrons. The third-order valence-corrected chi connectivity index (χ3v) is 3.33. The smallest absolute Gasteiger partial charge is 0.165 e. The highest BCUT2D eigenvalue weighted by Crippen LogP contribution is 2.41. The van der Waals surface area contributed by atoms with Crippen LogP contribution in [0, 0.1) is 5.82 Å². The van der Waals surface area contributed by atoms with Crippen molar-refractivity contribution in [3.05, 3.63) is 23.0 Å². The Morgan fingerprint density at radius 1 is 1.29 bits per heavy atom. The molecule has 0 amide bonds. The largest absolute Gasteiger partial charge is 0.493 e. The van der Waals surface area contributed by atoms with Gasteiger partial charge in [0.15, 0.2) is 11.5 Å². The maximum Gasteiger partial charge on any atom is 0.165 e. The molecule has 0 aromatic heterocycles. The van der Waals surface area contributed by atoms with E-state index < -0.39 is 0 Å². The molecule has 0 fully saturated rings. The Balaban J connectivity index is 2.64. The lowest BCUT2D eigenvalue weighted by Gasteiger charge is -2.19. The second-order valence-corrected chi connectivity index (χ2v) is 4.34. The molecule has 1 aliphatic rings. The number of nitrogens with two attached hydrogens (primary N) is 1. The average Bonchev–Trinajstić information content (AvgIpc) is 2.52. The molecular weight excluding hydrogens is 221 g/mol. The molecule has 0 radical (unpaired) electrons. The molecule has 17 heavy (non-hydrogen) atoms. The lowest BCUT2D eigenvalue weighted by molar-refractivity contribution is 0.345. The van der Waals surface area contributed by atoms with Gasteiger partial charge in [0, 0.05) is 17.7 Å². The molecule has 0 saturated carbocycles. The van der Waals surface area contributed by atoms with E-state index in [9.17, 15) is 4.39 Å². The monoisotopic (exact) mass is 239 g/mol. The van der Waals surface area contributed by atoms with Crippen LogP contribution in [0.15, 0.2) is 6.07 Å². The molecular formula is C13H18FNO2. The Bertz CT molecular complexity index is 420. The van der Waals surface area contributed by atoms with Crippen LogP contribution < -0.4 is 15.2 Å². The predicted molar refractivity (Wildman–Crippen MR) is 64.0 cm³/mol. The Morgan fingerprint density at radius 3 is 2.71 bits per heavy atom. The number of fused-ring (bicyclic) bond motifs is 1. The standard InChI is InChI=1S/C13H18FNO2/c1-16-11-7-9(14)8-5-3-4-6-10(15)12(8)13(11)17-2/h7,10H,3-6,15H2,1-2H3/t10-/m0/s1. The molecule has 3 nitrogen and oxygen atoms in total. The Morgan fingerprint density at radius 2 is 2.06 bits per heavy atom. The molecule has 0 bridgehead atoms. The van der Waals surface area contributed by atoms with Gasteiger partial charge in [0.2, 0.25) is 0 Å². The maximum atomic E-state index is 14.0. The number of methoxy groups -OCH3 is 2. The van der Waals surface area contributed by atoms with Gasteiger partial charge in [-0.05, 0) is 24.8 Å². The minimum absolute atomic E-state index is 0.174. The molecule has 1 aromatic rings. The van der Waals surface area contributed by atoms with Crippen LogP contribution in [0.1, 0.15) is 36.4 Å². The van der Waals surface area contributed by atoms with E-state index in [1.165, 1.54) is 13.2 Å². The Hall–Kier alpha value is -1.29. The van der Waals surface area contributed by atoms with Crippen molar-refractivity contribution in [2.24, 2.45) is 5.73 Å². The molecule has 1 atom stereocenters. The highest BCUT2D eigenvalue weighted by Gasteiger charge is 2.25. The first-order valence-corrected chi connectivity index (χ1v) is 5.87. The number of rotatable bonds is 2. The van der Waals surface area contributed by atoms with Crippen molar-refractivity contribution in [3.63, 3.8) is 0 Å². The molecule has 2 rings (SSSR count). The van der Waals surface area contributed by atoms with Crippen molar-refractivity contribution in [3.8, 4) is 11.5 Å². The average molecular weight is 239 g/mol. The van der Waals surface area contributed by atoms with Crippen LogP contribution in [0.4, 0.5) is 4.39 Å². The fraction of sp³-hybridized carbons (Fsp3) is 0.538. The first kappa shape index (κ1) is 12.2. The summed E-state index contributed by atoms with van der Waals surface area (Å²) >= 11 is 0. The molecule has 0 aliphatic heterocycles. The summed E-state index contributed by atoms with van der Waals surface area (Å²) in [5.41, 5.74) is 7.58. The van der Waals surface area contributed by atoms with Gasteiger partial charge in [-0.2, -0.15) is 0 Å². The molecule has 0 heterocycles. The second-order valence-electron chi connectivity index (χ2n) is 4.34. The van der Waals surface area contributed by atoms with Crippen LogP contribution >= 0.6 is 0 Å². The van der Waals surface area contributed by atoms with Gasteiger partial charge < -0.3 is 15.2 Å². The summed E-state index contributed by atoms with van der Waals surface area (Å²) in [6.45, 7) is 0. The van der Waals surface area contributed by atoms with Crippen LogP contribution in [-0.2, 0) is 6.42 Å². The van der Waals surface area contributed by atoms with Crippen molar-refractivity contribution in [2.45, 2.75) is 31.7 Å². The van der Waals surface area contributed by atoms with Crippen LogP contribution in [0.2, 0.25) is 0 Å². The summed E-state index contributed by atoms with van der Waals surface area (Å²) in [4.78, 5) is 0. The molecule has 4 heteroatoms. The van der Waals surface area contributed by atoms with Crippen molar-refractivity contribution in [2.75, 3.05) is 14.2 Å². The van der Waals surface area contributed by atoms with E-state index in [1.807, 2.05) is 0 Å². The zero-order valence-electron chi connectivity index (χ0n) is 10.3. The van der Waals surface area contributed by atoms with E-state index >= 15 is 0 Å². The first-order chi connectivity index (χ1) is 8.19. The topological polar surface area (TPSA) is 44.5 Å². The van der Waals surface area contributed by atoms with E-state index in [2.05, 4.69) is 0 Å². The van der Waals surface area contributed by atoms with Gasteiger partial charge in [0.1, 0.15) is 5.82 Å². The molecule has 2 N–H and O–H groups in total. The van der Waals surface area contributed by atoms with Crippen molar-refractivity contribution >= 4 is 0 Å². The lowest BCUT2D eigenvalue weighted by atomic mass is 9.97. The molecule has 1 aliphatic carbocycles. The van der Waals surface area contributed by atoms with Gasteiger partial charge in [-0.15, -0.1) is 0 Å². The Labute approximate surface area is 101 Å². The summed E-state index contributed by atoms with van der Waals surface area (Å²) < 4.78 is 24.5. The lowest BCUT2D eigenvalue weighted by Crippen LogP contribution is -2.14. The third kappa shape index (κ3) is 2.09. The molecule has 0 unspecified atom stereocenters. The van der Waals surface area contributed by atoms with Crippen LogP contribution in [-0.4, -0.2) is 14.2 Å². The number of halogens is 1. The minimum atomic E-state index is -0.241. The van der Waals surface area contributed by atoms with Gasteiger partial charge in [-0.3, -0.25) is 0 Å². The van der Waals surface area contributed by atoms with E-state index in [4.69, 9.17) is 15.2 Å². The SMILES string of the molecule is COc1cc(F)c2c(c1OC)[C@@H](N)CCCC2. The van der Waals surface area contributed by atoms with E-state index in [1.54, 1.807) is 7.11 Å². The molecule has 1 aromatic carbocycles. The predicted octanol–water partition coefficient (Wildman–Crippen LogP) is 2.57. The van der Waals surface area contributed by atoms with Crippen molar-refractivity contribution in [1.82, 2.24) is 0 Å². The minimum Gasteiger partial charge on any atom is -0.493 e. The van der Waals surface area contributed by atoms with E-state index in [-0.39, 0.29) is 11.9 Å². The van der Waals surface area contributed by atoms with Crippen LogP contribution in [0.3, 0.4) is 0 Å². The molecule has 0 spiro atoms. The highest BCUT2D eigenvalue weighted by atomic mass is 19.1. The summed E-state index contributed by atoms with van der Waals surface area (Å²) in [5, 5.41) is 0. The van der Waals surface area contributed by atoms with Crippen LogP contribution in [0.5, 0.6) is 11.5 Å². The summed E-state index contributed by atoms with van der Waals surface area (Å²) in [5.74, 6) is 0.759. The van der Waals surface area contributed by atoms with Crippen LogP contribution in [0.25, 0.3) is 0 Å². The summed E-state index contributed by atoms with van der Waals surface area (Å²) in [6.07, 6.45) is 3.55. The third-order valence-electron chi connectivity index (χ3n) is 3.33. The zero-order valence-corrected chi connectivity index (χ0v) is 10.3. The summed E-state index contributed by atoms with van der Waals surface area (Å²) in [7, 11) is 3.07. The number of hydrogen-bond acceptors (Lipinski definition) is 3. The number of benzene rings is 1. The highest BCUT2D eigenvalue weighted by molar-refractivity contribution is 5.53. The maximum absolute atomic E-state index is 14.0. The van der Waals surface area contributed by atoms with E-state index in [0.29, 0.717) is 17.1 Å². The van der Waals surface area contributed by atoms with E-state index in [0.717, 1.165) is 31.2 Å². The second kappa shape index (κ2) is 4.92. The normalized spacial score (nSPS) is 19.4. The first-order valence-electron chi connectivity index (χ1n) is 5.87. The number of ether oxygens (including phenoxy) is 2. The molecule has 0 saturated heterocycles. The van der Waals surface area contributed by atoms with Gasteiger partial charge in [0.05, 0.1) is 14.2 Å². The fourth-order valence-corrected chi connectivity index (χ4v) is 2.48. The fourth-order valence-electron chi connectivity index (χ4n) is 2.48.